The number of benzene rings is 3. The number of anilines is 1. The van der Waals surface area contributed by atoms with Crippen molar-refractivity contribution >= 4 is 29.6 Å². The van der Waals surface area contributed by atoms with Crippen LogP contribution in [0, 0.1) is 0 Å². The molecule has 0 saturated heterocycles. The smallest absolute Gasteiger partial charge is 0.408 e. The van der Waals surface area contributed by atoms with Crippen LogP contribution < -0.4 is 16.0 Å². The second-order valence-corrected chi connectivity index (χ2v) is 14.1. The van der Waals surface area contributed by atoms with E-state index < -0.39 is 41.1 Å². The quantitative estimate of drug-likeness (QED) is 0.189. The minimum Gasteiger partial charge on any atom is -0.444 e. The van der Waals surface area contributed by atoms with Gasteiger partial charge in [0.25, 0.3) is 11.8 Å². The predicted octanol–water partition coefficient (Wildman–Crippen LogP) is 5.00. The number of aromatic nitrogens is 2. The molecule has 1 unspecified atom stereocenters. The number of imidazole rings is 1. The predicted molar refractivity (Wildman–Crippen MR) is 192 cm³/mol. The molecule has 1 aromatic heterocycles. The average Bonchev–Trinajstić information content (AvgIpc) is 3.54. The fourth-order valence-electron chi connectivity index (χ4n) is 5.70. The molecule has 0 spiro atoms. The van der Waals surface area contributed by atoms with Crippen molar-refractivity contribution in [2.45, 2.75) is 77.4 Å². The molecule has 268 valence electrons. The van der Waals surface area contributed by atoms with Gasteiger partial charge in [-0.1, -0.05) is 84.9 Å². The molecular weight excluding hydrogens is 648 g/mol. The van der Waals surface area contributed by atoms with Gasteiger partial charge in [-0.15, -0.1) is 0 Å². The lowest BCUT2D eigenvalue weighted by atomic mass is 9.98. The number of alkyl carbamates (subject to hydrolysis) is 1. The molecule has 0 saturated carbocycles. The molecule has 1 aliphatic heterocycles. The first kappa shape index (κ1) is 36.8. The Hall–Kier alpha value is -5.49. The number of hydrogen-bond acceptors (Lipinski definition) is 7. The maximum atomic E-state index is 14.1. The molecule has 3 N–H and O–H groups in total. The Kier molecular flexibility index (Phi) is 11.6. The highest BCUT2D eigenvalue weighted by molar-refractivity contribution is 5.98. The van der Waals surface area contributed by atoms with Crippen molar-refractivity contribution in [1.82, 2.24) is 25.1 Å². The SMILES string of the molecule is CC(C)(C)OC(=O)NC(C)(C)C(=O)N[C@H](COCc1ccccc1)C(=O)Nc1cn(C(C(=O)N2CCc3ccccc3C2)c2ccccc2)cn1. The van der Waals surface area contributed by atoms with Crippen LogP contribution in [0.25, 0.3) is 0 Å². The number of carbonyl (C=O) groups excluding carboxylic acids is 4. The van der Waals surface area contributed by atoms with Gasteiger partial charge in [-0.25, -0.2) is 9.78 Å². The largest absolute Gasteiger partial charge is 0.444 e. The van der Waals surface area contributed by atoms with E-state index in [0.29, 0.717) is 13.1 Å². The molecule has 3 aromatic carbocycles. The van der Waals surface area contributed by atoms with Gasteiger partial charge < -0.3 is 34.9 Å². The number of fused-ring (bicyclic) bond motifs is 1. The lowest BCUT2D eigenvalue weighted by Crippen LogP contribution is -2.59. The fraction of sp³-hybridized carbons (Fsp3) is 0.359. The summed E-state index contributed by atoms with van der Waals surface area (Å²) in [6.07, 6.45) is 3.10. The van der Waals surface area contributed by atoms with Crippen LogP contribution in [0.1, 0.15) is 62.9 Å². The maximum absolute atomic E-state index is 14.1. The molecule has 0 bridgehead atoms. The van der Waals surface area contributed by atoms with Crippen LogP contribution in [0.5, 0.6) is 0 Å². The Balaban J connectivity index is 1.32. The van der Waals surface area contributed by atoms with Crippen LogP contribution in [0.15, 0.2) is 97.5 Å². The lowest BCUT2D eigenvalue weighted by Gasteiger charge is -2.32. The van der Waals surface area contributed by atoms with Crippen LogP contribution in [-0.4, -0.2) is 68.6 Å². The highest BCUT2D eigenvalue weighted by Crippen LogP contribution is 2.26. The zero-order valence-corrected chi connectivity index (χ0v) is 29.7. The third-order valence-electron chi connectivity index (χ3n) is 8.34. The van der Waals surface area contributed by atoms with E-state index in [9.17, 15) is 19.2 Å². The van der Waals surface area contributed by atoms with E-state index in [-0.39, 0.29) is 24.9 Å². The van der Waals surface area contributed by atoms with Gasteiger partial charge in [0.05, 0.1) is 19.5 Å². The number of hydrogen-bond donors (Lipinski definition) is 3. The summed E-state index contributed by atoms with van der Waals surface area (Å²) in [5.74, 6) is -1.12. The van der Waals surface area contributed by atoms with Crippen LogP contribution in [0.4, 0.5) is 10.6 Å². The molecule has 51 heavy (non-hydrogen) atoms. The Morgan fingerprint density at radius 2 is 1.51 bits per heavy atom. The van der Waals surface area contributed by atoms with Gasteiger partial charge >= 0.3 is 6.09 Å². The molecule has 0 fully saturated rings. The van der Waals surface area contributed by atoms with E-state index in [1.807, 2.05) is 83.8 Å². The molecule has 0 aliphatic carbocycles. The number of amides is 4. The van der Waals surface area contributed by atoms with Crippen LogP contribution in [0.2, 0.25) is 0 Å². The molecule has 12 heteroatoms. The van der Waals surface area contributed by atoms with Crippen LogP contribution in [-0.2, 0) is 43.4 Å². The second-order valence-electron chi connectivity index (χ2n) is 14.1. The van der Waals surface area contributed by atoms with Gasteiger partial charge in [0.2, 0.25) is 5.91 Å². The Labute approximate surface area is 298 Å². The monoisotopic (exact) mass is 694 g/mol. The molecule has 2 heterocycles. The summed E-state index contributed by atoms with van der Waals surface area (Å²) >= 11 is 0. The molecule has 4 amide bonds. The minimum absolute atomic E-state index is 0.0925. The second kappa shape index (κ2) is 16.0. The van der Waals surface area contributed by atoms with E-state index >= 15 is 0 Å². The van der Waals surface area contributed by atoms with E-state index in [1.165, 1.54) is 25.7 Å². The van der Waals surface area contributed by atoms with Crippen molar-refractivity contribution in [3.05, 3.63) is 120 Å². The summed E-state index contributed by atoms with van der Waals surface area (Å²) in [4.78, 5) is 60.0. The van der Waals surface area contributed by atoms with Gasteiger partial charge in [0.15, 0.2) is 5.82 Å². The number of rotatable bonds is 12. The zero-order valence-electron chi connectivity index (χ0n) is 29.7. The topological polar surface area (TPSA) is 144 Å². The van der Waals surface area contributed by atoms with Crippen molar-refractivity contribution in [3.63, 3.8) is 0 Å². The molecule has 5 rings (SSSR count). The summed E-state index contributed by atoms with van der Waals surface area (Å²) < 4.78 is 12.9. The van der Waals surface area contributed by atoms with Gasteiger partial charge in [-0.2, -0.15) is 0 Å². The zero-order chi connectivity index (χ0) is 36.6. The molecule has 2 atom stereocenters. The van der Waals surface area contributed by atoms with Crippen molar-refractivity contribution < 1.29 is 28.7 Å². The number of carbonyl (C=O) groups is 4. The number of ether oxygens (including phenoxy) is 2. The van der Waals surface area contributed by atoms with Crippen LogP contribution in [0.3, 0.4) is 0 Å². The van der Waals surface area contributed by atoms with E-state index in [4.69, 9.17) is 9.47 Å². The molecular formula is C39H46N6O6. The Morgan fingerprint density at radius 3 is 2.20 bits per heavy atom. The van der Waals surface area contributed by atoms with Crippen molar-refractivity contribution in [3.8, 4) is 0 Å². The van der Waals surface area contributed by atoms with E-state index in [0.717, 1.165) is 23.1 Å². The maximum Gasteiger partial charge on any atom is 0.408 e. The summed E-state index contributed by atoms with van der Waals surface area (Å²) in [6.45, 7) is 9.29. The fourth-order valence-corrected chi connectivity index (χ4v) is 5.70. The van der Waals surface area contributed by atoms with Crippen molar-refractivity contribution in [2.75, 3.05) is 18.5 Å². The lowest BCUT2D eigenvalue weighted by molar-refractivity contribution is -0.134. The molecule has 1 aliphatic rings. The van der Waals surface area contributed by atoms with Gasteiger partial charge in [0.1, 0.15) is 23.2 Å². The summed E-state index contributed by atoms with van der Waals surface area (Å²) in [5, 5.41) is 8.06. The highest BCUT2D eigenvalue weighted by atomic mass is 16.6. The minimum atomic E-state index is -1.43. The van der Waals surface area contributed by atoms with E-state index in [2.05, 4.69) is 27.0 Å². The highest BCUT2D eigenvalue weighted by Gasteiger charge is 2.35. The number of nitrogens with one attached hydrogen (secondary N) is 3. The van der Waals surface area contributed by atoms with E-state index in [1.54, 1.807) is 31.5 Å². The Bertz CT molecular complexity index is 1820. The first-order chi connectivity index (χ1) is 24.3. The first-order valence-corrected chi connectivity index (χ1v) is 17.0. The normalized spacial score (nSPS) is 14.1. The van der Waals surface area contributed by atoms with Gasteiger partial charge in [-0.3, -0.25) is 14.4 Å². The average molecular weight is 695 g/mol. The summed E-state index contributed by atoms with van der Waals surface area (Å²) in [6, 6.07) is 25.1. The summed E-state index contributed by atoms with van der Waals surface area (Å²) in [5.41, 5.74) is 1.83. The van der Waals surface area contributed by atoms with Crippen molar-refractivity contribution in [2.24, 2.45) is 0 Å². The standard InChI is InChI=1S/C39H46N6O6/c1-38(2,3)51-37(49)43-39(4,5)36(48)41-31(25-50-24-27-14-8-6-9-15-27)34(46)42-32-23-45(26-40-32)33(29-17-10-7-11-18-29)35(47)44-21-20-28-16-12-13-19-30(28)22-44/h6-19,23,26,31,33H,20-22,24-25H2,1-5H3,(H,41,48)(H,42,46)(H,43,49)/t31-,33?/m1/s1. The van der Waals surface area contributed by atoms with Crippen LogP contribution >= 0.6 is 0 Å². The molecule has 0 radical (unpaired) electrons. The molecule has 4 aromatic rings. The van der Waals surface area contributed by atoms with Gasteiger partial charge in [0, 0.05) is 19.3 Å². The first-order valence-electron chi connectivity index (χ1n) is 17.0. The summed E-state index contributed by atoms with van der Waals surface area (Å²) in [7, 11) is 0. The van der Waals surface area contributed by atoms with Crippen molar-refractivity contribution in [1.29, 1.82) is 0 Å². The third kappa shape index (κ3) is 10.0. The third-order valence-corrected chi connectivity index (χ3v) is 8.34. The number of nitrogens with zero attached hydrogens (tertiary/aromatic N) is 3. The molecule has 12 nitrogen and oxygen atoms in total. The van der Waals surface area contributed by atoms with Gasteiger partial charge in [-0.05, 0) is 63.3 Å². The Morgan fingerprint density at radius 1 is 0.863 bits per heavy atom.